The Morgan fingerprint density at radius 1 is 0.950 bits per heavy atom. The number of hydrogen-bond donors (Lipinski definition) is 0. The number of ketones is 1. The standard InChI is InChI=1S/C18H18NO/c20-18(15-8-3-1-4-9-15)16-10-7-13-19(14-16)17-11-5-2-6-12-17/h1-6,8-9,11-12,14,16H,7,10,13H2/t16-/m1/s1. The highest BCUT2D eigenvalue weighted by Gasteiger charge is 2.27. The van der Waals surface area contributed by atoms with Crippen LogP contribution < -0.4 is 4.90 Å². The van der Waals surface area contributed by atoms with Gasteiger partial charge in [-0.15, -0.1) is 0 Å². The van der Waals surface area contributed by atoms with Gasteiger partial charge in [-0.1, -0.05) is 48.5 Å². The summed E-state index contributed by atoms with van der Waals surface area (Å²) in [5, 5.41) is 0. The van der Waals surface area contributed by atoms with Gasteiger partial charge in [0.1, 0.15) is 0 Å². The van der Waals surface area contributed by atoms with E-state index in [-0.39, 0.29) is 11.7 Å². The molecule has 1 aliphatic heterocycles. The predicted octanol–water partition coefficient (Wildman–Crippen LogP) is 3.95. The second kappa shape index (κ2) is 5.91. The van der Waals surface area contributed by atoms with Crippen molar-refractivity contribution in [1.29, 1.82) is 0 Å². The fourth-order valence-corrected chi connectivity index (χ4v) is 2.70. The Balaban J connectivity index is 1.74. The Labute approximate surface area is 120 Å². The molecule has 0 amide bonds. The zero-order valence-corrected chi connectivity index (χ0v) is 11.4. The molecular weight excluding hydrogens is 246 g/mol. The maximum atomic E-state index is 12.5. The summed E-state index contributed by atoms with van der Waals surface area (Å²) >= 11 is 0. The first-order valence-corrected chi connectivity index (χ1v) is 7.10. The van der Waals surface area contributed by atoms with Crippen LogP contribution >= 0.6 is 0 Å². The number of piperidine rings is 1. The Bertz CT molecular complexity index is 564. The van der Waals surface area contributed by atoms with E-state index in [0.29, 0.717) is 0 Å². The van der Waals surface area contributed by atoms with E-state index < -0.39 is 0 Å². The van der Waals surface area contributed by atoms with Crippen LogP contribution in [0, 0.1) is 12.5 Å². The number of carbonyl (C=O) groups is 1. The Hall–Kier alpha value is -2.09. The minimum Gasteiger partial charge on any atom is -0.366 e. The molecule has 0 aromatic heterocycles. The van der Waals surface area contributed by atoms with E-state index in [1.807, 2.05) is 48.5 Å². The zero-order valence-electron chi connectivity index (χ0n) is 11.4. The smallest absolute Gasteiger partial charge is 0.168 e. The first-order chi connectivity index (χ1) is 9.84. The molecule has 2 nitrogen and oxygen atoms in total. The number of nitrogens with zero attached hydrogens (tertiary/aromatic N) is 1. The van der Waals surface area contributed by atoms with Crippen LogP contribution in [-0.4, -0.2) is 12.3 Å². The molecule has 0 bridgehead atoms. The minimum atomic E-state index is -0.00800. The fraction of sp³-hybridized carbons (Fsp3) is 0.222. The molecule has 2 aromatic carbocycles. The van der Waals surface area contributed by atoms with Crippen molar-refractivity contribution in [2.24, 2.45) is 5.92 Å². The molecular formula is C18H18NO. The quantitative estimate of drug-likeness (QED) is 0.782. The lowest BCUT2D eigenvalue weighted by Crippen LogP contribution is -2.34. The van der Waals surface area contributed by atoms with E-state index >= 15 is 0 Å². The lowest BCUT2D eigenvalue weighted by molar-refractivity contribution is 0.0923. The molecule has 3 rings (SSSR count). The summed E-state index contributed by atoms with van der Waals surface area (Å²) in [7, 11) is 0. The topological polar surface area (TPSA) is 20.3 Å². The lowest BCUT2D eigenvalue weighted by Gasteiger charge is -2.33. The lowest BCUT2D eigenvalue weighted by atomic mass is 9.90. The monoisotopic (exact) mass is 264 g/mol. The second-order valence-electron chi connectivity index (χ2n) is 5.16. The Morgan fingerprint density at radius 3 is 2.30 bits per heavy atom. The first kappa shape index (κ1) is 12.9. The molecule has 2 heteroatoms. The maximum absolute atomic E-state index is 12.5. The van der Waals surface area contributed by atoms with E-state index in [9.17, 15) is 4.79 Å². The van der Waals surface area contributed by atoms with Crippen LogP contribution in [0.1, 0.15) is 23.2 Å². The molecule has 1 aliphatic rings. The van der Waals surface area contributed by atoms with Crippen molar-refractivity contribution in [3.8, 4) is 0 Å². The molecule has 101 valence electrons. The van der Waals surface area contributed by atoms with Gasteiger partial charge in [-0.2, -0.15) is 0 Å². The van der Waals surface area contributed by atoms with Crippen molar-refractivity contribution in [2.45, 2.75) is 12.8 Å². The first-order valence-electron chi connectivity index (χ1n) is 7.10. The molecule has 0 aliphatic carbocycles. The predicted molar refractivity (Wildman–Crippen MR) is 81.6 cm³/mol. The minimum absolute atomic E-state index is 0.00800. The number of para-hydroxylation sites is 1. The third-order valence-electron chi connectivity index (χ3n) is 3.76. The SMILES string of the molecule is O=C(c1ccccc1)[C@H]1[CH]N(c2ccccc2)CCC1. The number of anilines is 1. The number of Topliss-reactive ketones (excluding diaryl/α,β-unsaturated/α-hetero) is 1. The summed E-state index contributed by atoms with van der Waals surface area (Å²) < 4.78 is 0. The number of hydrogen-bond acceptors (Lipinski definition) is 2. The van der Waals surface area contributed by atoms with Crippen LogP contribution in [-0.2, 0) is 0 Å². The van der Waals surface area contributed by atoms with E-state index in [2.05, 4.69) is 23.6 Å². The van der Waals surface area contributed by atoms with Gasteiger partial charge in [0.05, 0.1) is 6.54 Å². The molecule has 0 N–H and O–H groups in total. The van der Waals surface area contributed by atoms with Crippen molar-refractivity contribution >= 4 is 11.5 Å². The molecule has 0 saturated carbocycles. The summed E-state index contributed by atoms with van der Waals surface area (Å²) in [4.78, 5) is 14.7. The van der Waals surface area contributed by atoms with Gasteiger partial charge in [0.15, 0.2) is 5.78 Å². The van der Waals surface area contributed by atoms with E-state index in [1.54, 1.807) is 0 Å². The highest BCUT2D eigenvalue weighted by Crippen LogP contribution is 2.28. The van der Waals surface area contributed by atoms with Gasteiger partial charge in [0, 0.05) is 23.7 Å². The zero-order chi connectivity index (χ0) is 13.8. The highest BCUT2D eigenvalue weighted by molar-refractivity contribution is 5.98. The van der Waals surface area contributed by atoms with Gasteiger partial charge in [-0.3, -0.25) is 4.79 Å². The maximum Gasteiger partial charge on any atom is 0.168 e. The molecule has 1 fully saturated rings. The molecule has 20 heavy (non-hydrogen) atoms. The van der Waals surface area contributed by atoms with E-state index in [1.165, 1.54) is 0 Å². The summed E-state index contributed by atoms with van der Waals surface area (Å²) in [5.41, 5.74) is 1.97. The van der Waals surface area contributed by atoms with Gasteiger partial charge < -0.3 is 4.90 Å². The molecule has 1 radical (unpaired) electrons. The summed E-state index contributed by atoms with van der Waals surface area (Å²) in [5.74, 6) is 0.220. The van der Waals surface area contributed by atoms with Crippen molar-refractivity contribution < 1.29 is 4.79 Å². The molecule has 0 spiro atoms. The Morgan fingerprint density at radius 2 is 1.60 bits per heavy atom. The van der Waals surface area contributed by atoms with Crippen LogP contribution in [0.15, 0.2) is 60.7 Å². The van der Waals surface area contributed by atoms with Gasteiger partial charge in [0.2, 0.25) is 0 Å². The third kappa shape index (κ3) is 2.74. The second-order valence-corrected chi connectivity index (χ2v) is 5.16. The summed E-state index contributed by atoms with van der Waals surface area (Å²) in [6.45, 7) is 3.08. The highest BCUT2D eigenvalue weighted by atomic mass is 16.1. The van der Waals surface area contributed by atoms with Crippen molar-refractivity contribution in [3.05, 3.63) is 72.8 Å². The average molecular weight is 264 g/mol. The average Bonchev–Trinajstić information content (AvgIpc) is 2.56. The Kier molecular flexibility index (Phi) is 3.82. The molecule has 2 aromatic rings. The molecule has 1 heterocycles. The number of carbonyl (C=O) groups excluding carboxylic acids is 1. The number of benzene rings is 2. The molecule has 0 unspecified atom stereocenters. The fourth-order valence-electron chi connectivity index (χ4n) is 2.70. The van der Waals surface area contributed by atoms with Crippen molar-refractivity contribution in [1.82, 2.24) is 0 Å². The van der Waals surface area contributed by atoms with Crippen molar-refractivity contribution in [2.75, 3.05) is 11.4 Å². The van der Waals surface area contributed by atoms with Crippen LogP contribution in [0.2, 0.25) is 0 Å². The van der Waals surface area contributed by atoms with Gasteiger partial charge in [-0.25, -0.2) is 0 Å². The van der Waals surface area contributed by atoms with E-state index in [4.69, 9.17) is 0 Å². The van der Waals surface area contributed by atoms with Crippen LogP contribution in [0.25, 0.3) is 0 Å². The van der Waals surface area contributed by atoms with Crippen LogP contribution in [0.4, 0.5) is 5.69 Å². The van der Waals surface area contributed by atoms with Crippen LogP contribution in [0.5, 0.6) is 0 Å². The summed E-state index contributed by atoms with van der Waals surface area (Å²) in [6, 6.07) is 19.8. The summed E-state index contributed by atoms with van der Waals surface area (Å²) in [6.07, 6.45) is 1.99. The van der Waals surface area contributed by atoms with Gasteiger partial charge in [-0.05, 0) is 25.0 Å². The molecule has 1 atom stereocenters. The third-order valence-corrected chi connectivity index (χ3v) is 3.76. The van der Waals surface area contributed by atoms with E-state index in [0.717, 1.165) is 30.6 Å². The van der Waals surface area contributed by atoms with Crippen molar-refractivity contribution in [3.63, 3.8) is 0 Å². The van der Waals surface area contributed by atoms with Gasteiger partial charge in [0.25, 0.3) is 0 Å². The normalized spacial score (nSPS) is 18.8. The van der Waals surface area contributed by atoms with Gasteiger partial charge >= 0.3 is 0 Å². The largest absolute Gasteiger partial charge is 0.366 e. The van der Waals surface area contributed by atoms with Crippen LogP contribution in [0.3, 0.4) is 0 Å². The number of rotatable bonds is 3. The molecule has 1 saturated heterocycles.